The first-order valence-corrected chi connectivity index (χ1v) is 7.93. The van der Waals surface area contributed by atoms with Gasteiger partial charge >= 0.3 is 0 Å². The molecule has 114 valence electrons. The van der Waals surface area contributed by atoms with Crippen molar-refractivity contribution in [2.45, 2.75) is 32.2 Å². The molecular weight excluding hydrogens is 294 g/mol. The molecule has 0 aliphatic rings. The maximum absolute atomic E-state index is 12.3. The van der Waals surface area contributed by atoms with Gasteiger partial charge in [-0.15, -0.1) is 0 Å². The zero-order chi connectivity index (χ0) is 15.5. The minimum atomic E-state index is -3.70. The molecule has 7 nitrogen and oxygen atoms in total. The molecule has 2 rings (SSSR count). The second kappa shape index (κ2) is 6.23. The van der Waals surface area contributed by atoms with Crippen LogP contribution < -0.4 is 9.46 Å². The summed E-state index contributed by atoms with van der Waals surface area (Å²) in [7, 11) is -3.70. The number of aromatic nitrogens is 2. The van der Waals surface area contributed by atoms with Crippen molar-refractivity contribution in [3.05, 3.63) is 35.3 Å². The molecule has 0 spiro atoms. The lowest BCUT2D eigenvalue weighted by molar-refractivity contribution is 0.322. The zero-order valence-corrected chi connectivity index (χ0v) is 12.9. The fraction of sp³-hybridized carbons (Fsp3) is 0.385. The summed E-state index contributed by atoms with van der Waals surface area (Å²) in [4.78, 5) is 4.15. The molecule has 0 saturated carbocycles. The molecule has 0 radical (unpaired) electrons. The van der Waals surface area contributed by atoms with Gasteiger partial charge < -0.3 is 9.26 Å². The Morgan fingerprint density at radius 2 is 2.14 bits per heavy atom. The van der Waals surface area contributed by atoms with Gasteiger partial charge in [0, 0.05) is 18.3 Å². The van der Waals surface area contributed by atoms with Crippen LogP contribution in [0.4, 0.5) is 0 Å². The second-order valence-corrected chi connectivity index (χ2v) is 6.08. The van der Waals surface area contributed by atoms with Crippen LogP contribution in [0.5, 0.6) is 5.88 Å². The van der Waals surface area contributed by atoms with Gasteiger partial charge in [0.15, 0.2) is 5.76 Å². The molecule has 0 bridgehead atoms. The highest BCUT2D eigenvalue weighted by Crippen LogP contribution is 2.20. The van der Waals surface area contributed by atoms with Gasteiger partial charge in [0.1, 0.15) is 10.6 Å². The van der Waals surface area contributed by atoms with Crippen LogP contribution >= 0.6 is 0 Å². The van der Waals surface area contributed by atoms with Crippen LogP contribution in [0.3, 0.4) is 0 Å². The second-order valence-electron chi connectivity index (χ2n) is 4.38. The van der Waals surface area contributed by atoms with E-state index in [1.54, 1.807) is 32.2 Å². The quantitative estimate of drug-likeness (QED) is 0.870. The summed E-state index contributed by atoms with van der Waals surface area (Å²) in [5.74, 6) is 0.678. The summed E-state index contributed by atoms with van der Waals surface area (Å²) in [6.45, 7) is 5.52. The van der Waals surface area contributed by atoms with Gasteiger partial charge in [0.25, 0.3) is 0 Å². The molecule has 2 heterocycles. The van der Waals surface area contributed by atoms with Gasteiger partial charge in [-0.1, -0.05) is 11.2 Å². The minimum absolute atomic E-state index is 0.0735. The Labute approximate surface area is 123 Å². The minimum Gasteiger partial charge on any atom is -0.478 e. The summed E-state index contributed by atoms with van der Waals surface area (Å²) < 4.78 is 37.4. The number of pyridine rings is 1. The predicted molar refractivity (Wildman–Crippen MR) is 75.4 cm³/mol. The standard InChI is InChI=1S/C13H17N3O4S/c1-4-19-13-11(6-5-7-14-13)8-15-21(17,18)12-9(2)16-20-10(12)3/h5-7,15H,4,8H2,1-3H3. The SMILES string of the molecule is CCOc1ncccc1CNS(=O)(=O)c1c(C)noc1C. The van der Waals surface area contributed by atoms with E-state index in [0.717, 1.165) is 0 Å². The average Bonchev–Trinajstić information content (AvgIpc) is 2.78. The molecular formula is C13H17N3O4S. The molecule has 0 atom stereocenters. The van der Waals surface area contributed by atoms with Crippen molar-refractivity contribution >= 4 is 10.0 Å². The van der Waals surface area contributed by atoms with Gasteiger partial charge in [-0.25, -0.2) is 18.1 Å². The van der Waals surface area contributed by atoms with Crippen molar-refractivity contribution in [1.82, 2.24) is 14.9 Å². The maximum atomic E-state index is 12.3. The first-order chi connectivity index (χ1) is 9.95. The zero-order valence-electron chi connectivity index (χ0n) is 12.1. The summed E-state index contributed by atoms with van der Waals surface area (Å²) >= 11 is 0. The van der Waals surface area contributed by atoms with E-state index < -0.39 is 10.0 Å². The number of ether oxygens (including phenoxy) is 1. The van der Waals surface area contributed by atoms with E-state index in [2.05, 4.69) is 14.9 Å². The lowest BCUT2D eigenvalue weighted by atomic mass is 10.3. The third kappa shape index (κ3) is 3.40. The topological polar surface area (TPSA) is 94.3 Å². The van der Waals surface area contributed by atoms with Crippen molar-refractivity contribution in [2.75, 3.05) is 6.61 Å². The van der Waals surface area contributed by atoms with E-state index in [9.17, 15) is 8.42 Å². The van der Waals surface area contributed by atoms with Crippen LogP contribution in [0.1, 0.15) is 23.9 Å². The fourth-order valence-corrected chi connectivity index (χ4v) is 3.26. The van der Waals surface area contributed by atoms with E-state index in [0.29, 0.717) is 23.7 Å². The van der Waals surface area contributed by atoms with Gasteiger partial charge in [-0.05, 0) is 26.8 Å². The summed E-state index contributed by atoms with van der Waals surface area (Å²) in [6.07, 6.45) is 1.59. The van der Waals surface area contributed by atoms with E-state index in [-0.39, 0.29) is 17.2 Å². The number of hydrogen-bond donors (Lipinski definition) is 1. The van der Waals surface area contributed by atoms with Gasteiger partial charge in [-0.3, -0.25) is 0 Å². The average molecular weight is 311 g/mol. The molecule has 0 saturated heterocycles. The first-order valence-electron chi connectivity index (χ1n) is 6.45. The summed E-state index contributed by atoms with van der Waals surface area (Å²) in [5, 5.41) is 3.65. The number of nitrogens with one attached hydrogen (secondary N) is 1. The number of rotatable bonds is 6. The van der Waals surface area contributed by atoms with Crippen LogP contribution in [-0.4, -0.2) is 25.2 Å². The van der Waals surface area contributed by atoms with Crippen molar-refractivity contribution in [2.24, 2.45) is 0 Å². The molecule has 0 fully saturated rings. The highest BCUT2D eigenvalue weighted by Gasteiger charge is 2.24. The van der Waals surface area contributed by atoms with Crippen LogP contribution in [0.2, 0.25) is 0 Å². The number of sulfonamides is 1. The molecule has 21 heavy (non-hydrogen) atoms. The highest BCUT2D eigenvalue weighted by molar-refractivity contribution is 7.89. The van der Waals surface area contributed by atoms with E-state index in [1.807, 2.05) is 6.92 Å². The largest absolute Gasteiger partial charge is 0.478 e. The molecule has 0 aromatic carbocycles. The summed E-state index contributed by atoms with van der Waals surface area (Å²) in [5.41, 5.74) is 0.992. The Morgan fingerprint density at radius 1 is 1.38 bits per heavy atom. The molecule has 2 aromatic rings. The number of nitrogens with zero attached hydrogens (tertiary/aromatic N) is 2. The fourth-order valence-electron chi connectivity index (χ4n) is 1.93. The van der Waals surface area contributed by atoms with Crippen molar-refractivity contribution in [3.8, 4) is 5.88 Å². The maximum Gasteiger partial charge on any atom is 0.246 e. The molecule has 0 aliphatic heterocycles. The van der Waals surface area contributed by atoms with Gasteiger partial charge in [0.2, 0.25) is 15.9 Å². The third-order valence-electron chi connectivity index (χ3n) is 2.82. The van der Waals surface area contributed by atoms with Crippen LogP contribution in [0.25, 0.3) is 0 Å². The molecule has 2 aromatic heterocycles. The Morgan fingerprint density at radius 3 is 2.76 bits per heavy atom. The highest BCUT2D eigenvalue weighted by atomic mass is 32.2. The van der Waals surface area contributed by atoms with Crippen molar-refractivity contribution < 1.29 is 17.7 Å². The van der Waals surface area contributed by atoms with E-state index in [4.69, 9.17) is 9.26 Å². The Balaban J connectivity index is 2.20. The Kier molecular flexibility index (Phi) is 4.59. The van der Waals surface area contributed by atoms with Gasteiger partial charge in [0.05, 0.1) is 6.61 Å². The number of aryl methyl sites for hydroxylation is 2. The Hall–Kier alpha value is -1.93. The molecule has 0 amide bonds. The molecule has 0 unspecified atom stereocenters. The predicted octanol–water partition coefficient (Wildman–Crippen LogP) is 1.56. The van der Waals surface area contributed by atoms with Crippen LogP contribution in [-0.2, 0) is 16.6 Å². The Bertz CT molecular complexity index is 705. The normalized spacial score (nSPS) is 11.6. The smallest absolute Gasteiger partial charge is 0.246 e. The molecule has 0 aliphatic carbocycles. The third-order valence-corrected chi connectivity index (χ3v) is 4.46. The van der Waals surface area contributed by atoms with Crippen LogP contribution in [0.15, 0.2) is 27.7 Å². The van der Waals surface area contributed by atoms with Crippen molar-refractivity contribution in [3.63, 3.8) is 0 Å². The monoisotopic (exact) mass is 311 g/mol. The lowest BCUT2D eigenvalue weighted by Gasteiger charge is -2.10. The molecule has 1 N–H and O–H groups in total. The number of hydrogen-bond acceptors (Lipinski definition) is 6. The van der Waals surface area contributed by atoms with Crippen molar-refractivity contribution in [1.29, 1.82) is 0 Å². The summed E-state index contributed by atoms with van der Waals surface area (Å²) in [6, 6.07) is 3.48. The molecule has 8 heteroatoms. The van der Waals surface area contributed by atoms with E-state index in [1.165, 1.54) is 0 Å². The van der Waals surface area contributed by atoms with Crippen LogP contribution in [0, 0.1) is 13.8 Å². The van der Waals surface area contributed by atoms with Gasteiger partial charge in [-0.2, -0.15) is 0 Å². The van der Waals surface area contributed by atoms with E-state index >= 15 is 0 Å². The first kappa shape index (κ1) is 15.5. The lowest BCUT2D eigenvalue weighted by Crippen LogP contribution is -2.24.